The molecule has 1 aliphatic heterocycles. The van der Waals surface area contributed by atoms with Gasteiger partial charge in [-0.15, -0.1) is 0 Å². The van der Waals surface area contributed by atoms with Gasteiger partial charge in [-0.2, -0.15) is 0 Å². The molecule has 4 heteroatoms. The Hall–Kier alpha value is -2.10. The predicted octanol–water partition coefficient (Wildman–Crippen LogP) is 2.74. The lowest BCUT2D eigenvalue weighted by Gasteiger charge is -2.40. The summed E-state index contributed by atoms with van der Waals surface area (Å²) in [6.45, 7) is 7.83. The second kappa shape index (κ2) is 5.49. The number of para-hydroxylation sites is 2. The minimum absolute atomic E-state index is 0.000682. The first-order valence-electron chi connectivity index (χ1n) is 6.77. The van der Waals surface area contributed by atoms with E-state index in [4.69, 9.17) is 0 Å². The van der Waals surface area contributed by atoms with Gasteiger partial charge in [0, 0.05) is 19.5 Å². The molecule has 0 fully saturated rings. The van der Waals surface area contributed by atoms with Gasteiger partial charge in [0.1, 0.15) is 0 Å². The number of carbonyl (C=O) groups excluding carboxylic acids is 2. The van der Waals surface area contributed by atoms with Gasteiger partial charge in [-0.05, 0) is 32.9 Å². The Morgan fingerprint density at radius 1 is 1.15 bits per heavy atom. The van der Waals surface area contributed by atoms with Crippen LogP contribution in [0.2, 0.25) is 0 Å². The van der Waals surface area contributed by atoms with Gasteiger partial charge >= 0.3 is 0 Å². The van der Waals surface area contributed by atoms with Crippen LogP contribution in [0.25, 0.3) is 0 Å². The monoisotopic (exact) mass is 272 g/mol. The lowest BCUT2D eigenvalue weighted by Crippen LogP contribution is -2.51. The van der Waals surface area contributed by atoms with Crippen molar-refractivity contribution < 1.29 is 9.59 Å². The molecule has 0 saturated carbocycles. The van der Waals surface area contributed by atoms with Gasteiger partial charge in [0.15, 0.2) is 0 Å². The van der Waals surface area contributed by atoms with Gasteiger partial charge in [0.25, 0.3) is 5.91 Å². The maximum atomic E-state index is 12.3. The van der Waals surface area contributed by atoms with Crippen molar-refractivity contribution in [2.45, 2.75) is 33.7 Å². The van der Waals surface area contributed by atoms with Crippen LogP contribution in [-0.2, 0) is 9.59 Å². The average molecular weight is 272 g/mol. The summed E-state index contributed by atoms with van der Waals surface area (Å²) in [6, 6.07) is 7.51. The van der Waals surface area contributed by atoms with Crippen LogP contribution in [0.15, 0.2) is 35.9 Å². The topological polar surface area (TPSA) is 40.6 Å². The van der Waals surface area contributed by atoms with E-state index < -0.39 is 0 Å². The molecule has 106 valence electrons. The number of nitrogens with zero attached hydrogens (tertiary/aromatic N) is 2. The molecule has 1 aromatic carbocycles. The van der Waals surface area contributed by atoms with Crippen molar-refractivity contribution >= 4 is 23.2 Å². The molecule has 0 spiro atoms. The van der Waals surface area contributed by atoms with Crippen LogP contribution >= 0.6 is 0 Å². The quantitative estimate of drug-likeness (QED) is 0.738. The van der Waals surface area contributed by atoms with E-state index in [1.165, 1.54) is 0 Å². The van der Waals surface area contributed by atoms with Crippen molar-refractivity contribution in [1.29, 1.82) is 0 Å². The fourth-order valence-corrected chi connectivity index (χ4v) is 2.59. The van der Waals surface area contributed by atoms with Crippen LogP contribution in [0.3, 0.4) is 0 Å². The first-order valence-corrected chi connectivity index (χ1v) is 6.77. The van der Waals surface area contributed by atoms with E-state index in [9.17, 15) is 9.59 Å². The summed E-state index contributed by atoms with van der Waals surface area (Å²) in [5.41, 5.74) is 2.56. The molecule has 4 nitrogen and oxygen atoms in total. The molecular formula is C16H20N2O2. The van der Waals surface area contributed by atoms with Crippen LogP contribution in [0, 0.1) is 0 Å². The van der Waals surface area contributed by atoms with Gasteiger partial charge in [-0.25, -0.2) is 0 Å². The lowest BCUT2D eigenvalue weighted by atomic mass is 10.1. The highest BCUT2D eigenvalue weighted by molar-refractivity contribution is 6.07. The smallest absolute Gasteiger partial charge is 0.251 e. The maximum absolute atomic E-state index is 12.3. The van der Waals surface area contributed by atoms with E-state index in [1.807, 2.05) is 45.0 Å². The summed E-state index contributed by atoms with van der Waals surface area (Å²) in [4.78, 5) is 27.7. The Morgan fingerprint density at radius 3 is 2.30 bits per heavy atom. The summed E-state index contributed by atoms with van der Waals surface area (Å²) >= 11 is 0. The molecule has 1 aromatic rings. The predicted molar refractivity (Wildman–Crippen MR) is 80.8 cm³/mol. The Kier molecular flexibility index (Phi) is 3.93. The van der Waals surface area contributed by atoms with E-state index in [1.54, 1.807) is 22.8 Å². The van der Waals surface area contributed by atoms with Crippen molar-refractivity contribution in [3.05, 3.63) is 35.9 Å². The minimum Gasteiger partial charge on any atom is -0.306 e. The van der Waals surface area contributed by atoms with Gasteiger partial charge in [0.2, 0.25) is 5.91 Å². The van der Waals surface area contributed by atoms with Crippen molar-refractivity contribution in [2.24, 2.45) is 0 Å². The number of carbonyl (C=O) groups is 2. The van der Waals surface area contributed by atoms with Crippen LogP contribution < -0.4 is 9.80 Å². The highest BCUT2D eigenvalue weighted by Crippen LogP contribution is 2.35. The third-order valence-corrected chi connectivity index (χ3v) is 3.34. The number of anilines is 2. The standard InChI is InChI=1S/C16H20N2O2/c1-11(2)9-16(20)17-10-12(3)18(13(4)19)15-8-6-5-7-14(15)17/h5-9,12H,10H2,1-4H3/t12-/m0/s1. The third-order valence-electron chi connectivity index (χ3n) is 3.34. The molecule has 1 heterocycles. The lowest BCUT2D eigenvalue weighted by molar-refractivity contribution is -0.118. The second-order valence-corrected chi connectivity index (χ2v) is 5.40. The number of fused-ring (bicyclic) bond motifs is 1. The number of rotatable bonds is 1. The van der Waals surface area contributed by atoms with Crippen molar-refractivity contribution in [3.8, 4) is 0 Å². The highest BCUT2D eigenvalue weighted by Gasteiger charge is 2.32. The molecule has 1 aliphatic rings. The first-order chi connectivity index (χ1) is 9.41. The van der Waals surface area contributed by atoms with E-state index in [2.05, 4.69) is 0 Å². The van der Waals surface area contributed by atoms with Gasteiger partial charge in [-0.3, -0.25) is 9.59 Å². The van der Waals surface area contributed by atoms with Crippen LogP contribution in [-0.4, -0.2) is 24.4 Å². The normalized spacial score (nSPS) is 17.5. The SMILES string of the molecule is CC(=O)N1c2ccccc2N(C(=O)C=C(C)C)C[C@@H]1C. The van der Waals surface area contributed by atoms with E-state index in [-0.39, 0.29) is 17.9 Å². The largest absolute Gasteiger partial charge is 0.306 e. The molecule has 0 unspecified atom stereocenters. The summed E-state index contributed by atoms with van der Waals surface area (Å²) in [7, 11) is 0. The molecule has 1 atom stereocenters. The Balaban J connectivity index is 2.48. The fraction of sp³-hybridized carbons (Fsp3) is 0.375. The number of hydrogen-bond acceptors (Lipinski definition) is 2. The number of hydrogen-bond donors (Lipinski definition) is 0. The Labute approximate surface area is 119 Å². The molecule has 0 saturated heterocycles. The van der Waals surface area contributed by atoms with Gasteiger partial charge in [-0.1, -0.05) is 17.7 Å². The average Bonchev–Trinajstić information content (AvgIpc) is 2.36. The van der Waals surface area contributed by atoms with Gasteiger partial charge in [0.05, 0.1) is 17.4 Å². The number of benzene rings is 1. The van der Waals surface area contributed by atoms with E-state index in [0.717, 1.165) is 16.9 Å². The second-order valence-electron chi connectivity index (χ2n) is 5.40. The Bertz CT molecular complexity index is 574. The summed E-state index contributed by atoms with van der Waals surface area (Å²) < 4.78 is 0. The molecule has 0 aromatic heterocycles. The fourth-order valence-electron chi connectivity index (χ4n) is 2.59. The first kappa shape index (κ1) is 14.3. The molecule has 2 rings (SSSR count). The maximum Gasteiger partial charge on any atom is 0.251 e. The van der Waals surface area contributed by atoms with Crippen LogP contribution in [0.4, 0.5) is 11.4 Å². The molecule has 0 radical (unpaired) electrons. The molecule has 0 N–H and O–H groups in total. The summed E-state index contributed by atoms with van der Waals surface area (Å²) in [5.74, 6) is -0.0354. The zero-order valence-corrected chi connectivity index (χ0v) is 12.4. The zero-order chi connectivity index (χ0) is 14.9. The van der Waals surface area contributed by atoms with Gasteiger partial charge < -0.3 is 9.80 Å². The van der Waals surface area contributed by atoms with Crippen molar-refractivity contribution in [2.75, 3.05) is 16.3 Å². The van der Waals surface area contributed by atoms with Crippen molar-refractivity contribution in [1.82, 2.24) is 0 Å². The number of amides is 2. The third kappa shape index (κ3) is 2.59. The zero-order valence-electron chi connectivity index (χ0n) is 12.4. The molecule has 2 amide bonds. The molecular weight excluding hydrogens is 252 g/mol. The summed E-state index contributed by atoms with van der Waals surface area (Å²) in [6.07, 6.45) is 1.63. The Morgan fingerprint density at radius 2 is 1.75 bits per heavy atom. The summed E-state index contributed by atoms with van der Waals surface area (Å²) in [5, 5.41) is 0. The van der Waals surface area contributed by atoms with E-state index in [0.29, 0.717) is 6.54 Å². The van der Waals surface area contributed by atoms with Crippen molar-refractivity contribution in [3.63, 3.8) is 0 Å². The minimum atomic E-state index is -0.0347. The number of allylic oxidation sites excluding steroid dienone is 1. The van der Waals surface area contributed by atoms with Crippen LogP contribution in [0.5, 0.6) is 0 Å². The molecule has 20 heavy (non-hydrogen) atoms. The van der Waals surface area contributed by atoms with Crippen LogP contribution in [0.1, 0.15) is 27.7 Å². The molecule has 0 aliphatic carbocycles. The molecule has 0 bridgehead atoms. The highest BCUT2D eigenvalue weighted by atomic mass is 16.2. The van der Waals surface area contributed by atoms with E-state index >= 15 is 0 Å².